The minimum atomic E-state index is -0.818. The molecule has 2 N–H and O–H groups in total. The fourth-order valence-corrected chi connectivity index (χ4v) is 3.02. The molecule has 0 bridgehead atoms. The number of fused-ring (bicyclic) bond motifs is 1. The van der Waals surface area contributed by atoms with Crippen molar-refractivity contribution < 1.29 is 14.9 Å². The second-order valence-corrected chi connectivity index (χ2v) is 5.82. The van der Waals surface area contributed by atoms with E-state index in [1.807, 2.05) is 17.0 Å². The van der Waals surface area contributed by atoms with E-state index in [-0.39, 0.29) is 5.75 Å². The Bertz CT molecular complexity index is 758. The van der Waals surface area contributed by atoms with Gasteiger partial charge in [0.25, 0.3) is 0 Å². The molecule has 2 aromatic carbocycles. The molecule has 0 radical (unpaired) electrons. The van der Waals surface area contributed by atoms with Crippen molar-refractivity contribution in [3.8, 4) is 11.5 Å². The van der Waals surface area contributed by atoms with Gasteiger partial charge in [-0.1, -0.05) is 31.2 Å². The van der Waals surface area contributed by atoms with E-state index in [1.54, 1.807) is 12.3 Å². The molecule has 5 heteroatoms. The highest BCUT2D eigenvalue weighted by molar-refractivity contribution is 5.70. The molecule has 0 aliphatic carbocycles. The van der Waals surface area contributed by atoms with Gasteiger partial charge >= 0.3 is 0 Å². The predicted molar refractivity (Wildman–Crippen MR) is 94.0 cm³/mol. The van der Waals surface area contributed by atoms with Crippen molar-refractivity contribution >= 4 is 11.9 Å². The van der Waals surface area contributed by atoms with E-state index in [4.69, 9.17) is 4.74 Å². The molecule has 0 spiro atoms. The summed E-state index contributed by atoms with van der Waals surface area (Å²) in [6.45, 7) is 3.28. The summed E-state index contributed by atoms with van der Waals surface area (Å²) in [5, 5.41) is 20.8. The largest absolute Gasteiger partial charge is 0.504 e. The number of nitrogens with zero attached hydrogens (tertiary/aromatic N) is 2. The predicted octanol–water partition coefficient (Wildman–Crippen LogP) is 3.17. The van der Waals surface area contributed by atoms with Crippen molar-refractivity contribution in [1.82, 2.24) is 4.90 Å². The van der Waals surface area contributed by atoms with Crippen LogP contribution in [-0.2, 0) is 13.0 Å². The highest BCUT2D eigenvalue weighted by Gasteiger charge is 2.24. The Labute approximate surface area is 141 Å². The van der Waals surface area contributed by atoms with Crippen LogP contribution >= 0.6 is 0 Å². The maximum Gasteiger partial charge on any atom is 0.161 e. The second kappa shape index (κ2) is 7.03. The quantitative estimate of drug-likeness (QED) is 0.906. The van der Waals surface area contributed by atoms with E-state index in [2.05, 4.69) is 24.0 Å². The molecular weight excluding hydrogens is 304 g/mol. The molecule has 126 valence electrons. The van der Waals surface area contributed by atoms with Crippen molar-refractivity contribution in [1.29, 1.82) is 0 Å². The number of rotatable bonds is 4. The van der Waals surface area contributed by atoms with Crippen LogP contribution in [-0.4, -0.2) is 35.0 Å². The first-order valence-corrected chi connectivity index (χ1v) is 8.06. The lowest BCUT2D eigenvalue weighted by atomic mass is 10.0. The third kappa shape index (κ3) is 3.13. The molecule has 0 aromatic heterocycles. The number of aromatic hydroxyl groups is 1. The zero-order chi connectivity index (χ0) is 17.1. The van der Waals surface area contributed by atoms with Gasteiger partial charge in [-0.25, -0.2) is 0 Å². The van der Waals surface area contributed by atoms with Gasteiger partial charge in [0.2, 0.25) is 0 Å². The van der Waals surface area contributed by atoms with E-state index in [0.717, 1.165) is 6.42 Å². The van der Waals surface area contributed by atoms with E-state index in [0.29, 0.717) is 30.1 Å². The lowest BCUT2D eigenvalue weighted by molar-refractivity contribution is 0.00865. The summed E-state index contributed by atoms with van der Waals surface area (Å²) in [6.07, 6.45) is 1.89. The Morgan fingerprint density at radius 1 is 1.25 bits per heavy atom. The average Bonchev–Trinajstić information content (AvgIpc) is 2.74. The Balaban J connectivity index is 1.93. The first-order chi connectivity index (χ1) is 11.6. The molecule has 1 aliphatic rings. The normalized spacial score (nSPS) is 17.4. The zero-order valence-electron chi connectivity index (χ0n) is 13.9. The number of hydrogen-bond donors (Lipinski definition) is 2. The minimum absolute atomic E-state index is 0.0189. The van der Waals surface area contributed by atoms with Crippen LogP contribution in [0.15, 0.2) is 41.4 Å². The highest BCUT2D eigenvalue weighted by atomic mass is 16.5. The van der Waals surface area contributed by atoms with Crippen LogP contribution in [0.1, 0.15) is 29.8 Å². The number of aliphatic hydroxyl groups is 1. The number of methoxy groups -OCH3 is 1. The van der Waals surface area contributed by atoms with Crippen molar-refractivity contribution in [2.24, 2.45) is 4.99 Å². The molecule has 0 saturated heterocycles. The second-order valence-electron chi connectivity index (χ2n) is 5.82. The molecule has 0 saturated carbocycles. The van der Waals surface area contributed by atoms with Crippen LogP contribution in [0.25, 0.3) is 0 Å². The van der Waals surface area contributed by atoms with Gasteiger partial charge in [-0.2, -0.15) is 0 Å². The maximum atomic E-state index is 10.8. The van der Waals surface area contributed by atoms with E-state index in [9.17, 15) is 10.2 Å². The van der Waals surface area contributed by atoms with Crippen LogP contribution in [0.4, 0.5) is 5.69 Å². The van der Waals surface area contributed by atoms with Gasteiger partial charge in [0.15, 0.2) is 11.5 Å². The molecule has 5 nitrogen and oxygen atoms in total. The maximum absolute atomic E-state index is 10.8. The molecule has 1 heterocycles. The van der Waals surface area contributed by atoms with E-state index in [1.165, 1.54) is 24.3 Å². The van der Waals surface area contributed by atoms with Gasteiger partial charge in [-0.15, -0.1) is 0 Å². The zero-order valence-corrected chi connectivity index (χ0v) is 13.9. The number of phenols is 1. The summed E-state index contributed by atoms with van der Waals surface area (Å²) in [5.41, 5.74) is 3.66. The van der Waals surface area contributed by atoms with Gasteiger partial charge in [0.1, 0.15) is 6.23 Å². The third-order valence-corrected chi connectivity index (χ3v) is 4.37. The average molecular weight is 326 g/mol. The SMILES string of the molecule is CCc1ccccc1CN1CC=Nc2cc(O)c(OC)cc2C1O. The highest BCUT2D eigenvalue weighted by Crippen LogP contribution is 2.39. The number of hydrogen-bond acceptors (Lipinski definition) is 5. The van der Waals surface area contributed by atoms with Gasteiger partial charge < -0.3 is 14.9 Å². The summed E-state index contributed by atoms with van der Waals surface area (Å²) in [6, 6.07) is 11.4. The number of benzene rings is 2. The van der Waals surface area contributed by atoms with Crippen molar-refractivity contribution in [2.75, 3.05) is 13.7 Å². The number of aliphatic hydroxyl groups excluding tert-OH is 1. The standard InChI is InChI=1S/C19H22N2O3/c1-3-13-6-4-5-7-14(13)12-21-9-8-20-16-11-17(22)18(24-2)10-15(16)19(21)23/h4-8,10-11,19,22-23H,3,9,12H2,1-2H3. The number of phenolic OH excluding ortho intramolecular Hbond substituents is 1. The van der Waals surface area contributed by atoms with Gasteiger partial charge in [0, 0.05) is 30.9 Å². The summed E-state index contributed by atoms with van der Waals surface area (Å²) in [7, 11) is 1.49. The summed E-state index contributed by atoms with van der Waals surface area (Å²) >= 11 is 0. The summed E-state index contributed by atoms with van der Waals surface area (Å²) < 4.78 is 5.16. The topological polar surface area (TPSA) is 65.3 Å². The molecule has 2 aromatic rings. The van der Waals surface area contributed by atoms with Crippen molar-refractivity contribution in [3.63, 3.8) is 0 Å². The van der Waals surface area contributed by atoms with Crippen LogP contribution in [0.3, 0.4) is 0 Å². The monoisotopic (exact) mass is 326 g/mol. The molecule has 1 aliphatic heterocycles. The van der Waals surface area contributed by atoms with Gasteiger partial charge in [-0.3, -0.25) is 9.89 Å². The Hall–Kier alpha value is -2.37. The molecule has 1 unspecified atom stereocenters. The Morgan fingerprint density at radius 3 is 2.71 bits per heavy atom. The van der Waals surface area contributed by atoms with Crippen LogP contribution in [0.5, 0.6) is 11.5 Å². The summed E-state index contributed by atoms with van der Waals surface area (Å²) in [5.74, 6) is 0.351. The van der Waals surface area contributed by atoms with Gasteiger partial charge in [-0.05, 0) is 23.6 Å². The Kier molecular flexibility index (Phi) is 4.83. The first kappa shape index (κ1) is 16.5. The smallest absolute Gasteiger partial charge is 0.161 e. The summed E-state index contributed by atoms with van der Waals surface area (Å²) in [4.78, 5) is 6.31. The first-order valence-electron chi connectivity index (χ1n) is 8.06. The number of aryl methyl sites for hydroxylation is 1. The fourth-order valence-electron chi connectivity index (χ4n) is 3.02. The van der Waals surface area contributed by atoms with E-state index >= 15 is 0 Å². The third-order valence-electron chi connectivity index (χ3n) is 4.37. The van der Waals surface area contributed by atoms with Gasteiger partial charge in [0.05, 0.1) is 12.8 Å². The fraction of sp³-hybridized carbons (Fsp3) is 0.316. The van der Waals surface area contributed by atoms with Crippen LogP contribution in [0, 0.1) is 0 Å². The molecular formula is C19H22N2O3. The molecule has 0 fully saturated rings. The van der Waals surface area contributed by atoms with Crippen LogP contribution in [0.2, 0.25) is 0 Å². The molecule has 24 heavy (non-hydrogen) atoms. The molecule has 3 rings (SSSR count). The van der Waals surface area contributed by atoms with E-state index < -0.39 is 6.23 Å². The van der Waals surface area contributed by atoms with Crippen molar-refractivity contribution in [2.45, 2.75) is 26.1 Å². The Morgan fingerprint density at radius 2 is 2.00 bits per heavy atom. The minimum Gasteiger partial charge on any atom is -0.504 e. The van der Waals surface area contributed by atoms with Crippen LogP contribution < -0.4 is 4.74 Å². The van der Waals surface area contributed by atoms with Crippen molar-refractivity contribution in [3.05, 3.63) is 53.1 Å². The molecule has 1 atom stereocenters. The lowest BCUT2D eigenvalue weighted by Crippen LogP contribution is -2.29. The number of ether oxygens (including phenoxy) is 1. The lowest BCUT2D eigenvalue weighted by Gasteiger charge is -2.27. The number of aliphatic imine (C=N–C) groups is 1. The molecule has 0 amide bonds.